The first-order valence-electron chi connectivity index (χ1n) is 11.0. The van der Waals surface area contributed by atoms with E-state index in [4.69, 9.17) is 4.52 Å². The van der Waals surface area contributed by atoms with Crippen molar-refractivity contribution in [3.8, 4) is 10.7 Å². The molecule has 1 fully saturated rings. The molecule has 7 heteroatoms. The summed E-state index contributed by atoms with van der Waals surface area (Å²) in [5, 5.41) is 9.37. The number of aromatic nitrogens is 2. The number of amides is 1. The normalized spacial score (nSPS) is 16.4. The molecule has 2 aromatic heterocycles. The number of hydrogen-bond donors (Lipinski definition) is 1. The van der Waals surface area contributed by atoms with Crippen molar-refractivity contribution < 1.29 is 9.32 Å². The van der Waals surface area contributed by atoms with Gasteiger partial charge < -0.3 is 9.84 Å². The van der Waals surface area contributed by atoms with E-state index < -0.39 is 0 Å². The maximum Gasteiger partial charge on any atom is 0.241 e. The fraction of sp³-hybridized carbons (Fsp3) is 0.458. The Morgan fingerprint density at radius 3 is 2.74 bits per heavy atom. The van der Waals surface area contributed by atoms with Gasteiger partial charge in [0, 0.05) is 5.92 Å². The first-order valence-corrected chi connectivity index (χ1v) is 11.9. The fourth-order valence-electron chi connectivity index (χ4n) is 4.06. The maximum atomic E-state index is 12.9. The molecule has 1 unspecified atom stereocenters. The summed E-state index contributed by atoms with van der Waals surface area (Å²) in [4.78, 5) is 20.7. The standard InChI is InChI=1S/C24H30N4O2S/c1-4-20(19-8-7-16(2)17(3)14-19)25-24(29)18-9-11-28(12-10-18)15-22-26-23(27-30-22)21-6-5-13-31-21/h5-8,13-14,18,20H,4,9-12,15H2,1-3H3,(H,25,29). The van der Waals surface area contributed by atoms with Gasteiger partial charge in [0.05, 0.1) is 17.5 Å². The summed E-state index contributed by atoms with van der Waals surface area (Å²) >= 11 is 1.60. The van der Waals surface area contributed by atoms with Gasteiger partial charge in [0.25, 0.3) is 0 Å². The summed E-state index contributed by atoms with van der Waals surface area (Å²) in [7, 11) is 0. The Balaban J connectivity index is 1.29. The number of rotatable bonds is 7. The lowest BCUT2D eigenvalue weighted by atomic mass is 9.94. The van der Waals surface area contributed by atoms with Crippen molar-refractivity contribution in [2.45, 2.75) is 52.6 Å². The van der Waals surface area contributed by atoms with Crippen molar-refractivity contribution in [1.82, 2.24) is 20.4 Å². The molecule has 0 spiro atoms. The molecule has 3 heterocycles. The predicted octanol–water partition coefficient (Wildman–Crippen LogP) is 4.89. The second-order valence-electron chi connectivity index (χ2n) is 8.35. The van der Waals surface area contributed by atoms with Crippen molar-refractivity contribution in [2.75, 3.05) is 13.1 Å². The lowest BCUT2D eigenvalue weighted by Gasteiger charge is -2.31. The smallest absolute Gasteiger partial charge is 0.241 e. The van der Waals surface area contributed by atoms with Crippen LogP contribution in [0, 0.1) is 19.8 Å². The molecule has 0 aliphatic carbocycles. The molecule has 1 saturated heterocycles. The van der Waals surface area contributed by atoms with E-state index in [1.807, 2.05) is 17.5 Å². The Kier molecular flexibility index (Phi) is 6.83. The van der Waals surface area contributed by atoms with Gasteiger partial charge in [-0.1, -0.05) is 36.3 Å². The third kappa shape index (κ3) is 5.22. The zero-order valence-electron chi connectivity index (χ0n) is 18.4. The molecule has 1 aliphatic rings. The van der Waals surface area contributed by atoms with Gasteiger partial charge in [-0.3, -0.25) is 9.69 Å². The van der Waals surface area contributed by atoms with E-state index >= 15 is 0 Å². The fourth-order valence-corrected chi connectivity index (χ4v) is 4.71. The Hall–Kier alpha value is -2.51. The van der Waals surface area contributed by atoms with Crippen LogP contribution in [0.25, 0.3) is 10.7 Å². The molecule has 3 aromatic rings. The van der Waals surface area contributed by atoms with Crippen LogP contribution in [0.3, 0.4) is 0 Å². The van der Waals surface area contributed by atoms with Gasteiger partial charge in [-0.05, 0) is 74.3 Å². The molecule has 1 aromatic carbocycles. The molecule has 1 N–H and O–H groups in total. The minimum Gasteiger partial charge on any atom is -0.349 e. The van der Waals surface area contributed by atoms with Crippen molar-refractivity contribution >= 4 is 17.2 Å². The van der Waals surface area contributed by atoms with E-state index in [1.54, 1.807) is 11.3 Å². The number of thiophene rings is 1. The Bertz CT molecular complexity index is 1010. The Morgan fingerprint density at radius 1 is 1.26 bits per heavy atom. The summed E-state index contributed by atoms with van der Waals surface area (Å²) in [6, 6.07) is 10.5. The summed E-state index contributed by atoms with van der Waals surface area (Å²) < 4.78 is 5.42. The highest BCUT2D eigenvalue weighted by Gasteiger charge is 2.27. The Morgan fingerprint density at radius 2 is 2.06 bits per heavy atom. The van der Waals surface area contributed by atoms with Crippen molar-refractivity contribution in [1.29, 1.82) is 0 Å². The van der Waals surface area contributed by atoms with Crippen molar-refractivity contribution in [3.63, 3.8) is 0 Å². The highest BCUT2D eigenvalue weighted by molar-refractivity contribution is 7.13. The van der Waals surface area contributed by atoms with Gasteiger partial charge in [-0.15, -0.1) is 11.3 Å². The summed E-state index contributed by atoms with van der Waals surface area (Å²) in [6.45, 7) is 8.70. The average Bonchev–Trinajstić information content (AvgIpc) is 3.46. The number of nitrogens with zero attached hydrogens (tertiary/aromatic N) is 3. The van der Waals surface area contributed by atoms with Gasteiger partial charge in [-0.25, -0.2) is 0 Å². The van der Waals surface area contributed by atoms with E-state index in [0.717, 1.165) is 37.2 Å². The molecule has 1 atom stereocenters. The second kappa shape index (κ2) is 9.75. The largest absolute Gasteiger partial charge is 0.349 e. The van der Waals surface area contributed by atoms with E-state index in [9.17, 15) is 4.79 Å². The molecule has 31 heavy (non-hydrogen) atoms. The van der Waals surface area contributed by atoms with Crippen molar-refractivity contribution in [3.05, 3.63) is 58.3 Å². The molecule has 1 aliphatic heterocycles. The van der Waals surface area contributed by atoms with Crippen LogP contribution >= 0.6 is 11.3 Å². The average molecular weight is 439 g/mol. The molecule has 0 saturated carbocycles. The first kappa shape index (κ1) is 21.7. The van der Waals surface area contributed by atoms with Gasteiger partial charge in [0.2, 0.25) is 17.6 Å². The zero-order chi connectivity index (χ0) is 21.8. The molecule has 6 nitrogen and oxygen atoms in total. The summed E-state index contributed by atoms with van der Waals surface area (Å²) in [6.07, 6.45) is 2.58. The number of nitrogens with one attached hydrogen (secondary N) is 1. The SMILES string of the molecule is CCC(NC(=O)C1CCN(Cc2nc(-c3cccs3)no2)CC1)c1ccc(C)c(C)c1. The molecule has 0 bridgehead atoms. The van der Waals surface area contributed by atoms with Gasteiger partial charge >= 0.3 is 0 Å². The molecule has 0 radical (unpaired) electrons. The van der Waals surface area contributed by atoms with E-state index in [2.05, 4.69) is 59.3 Å². The zero-order valence-corrected chi connectivity index (χ0v) is 19.2. The number of carbonyl (C=O) groups excluding carboxylic acids is 1. The van der Waals surface area contributed by atoms with Crippen LogP contribution in [0.15, 0.2) is 40.2 Å². The minimum absolute atomic E-state index is 0.0567. The van der Waals surface area contributed by atoms with Crippen LogP contribution in [0.1, 0.15) is 54.8 Å². The first-order chi connectivity index (χ1) is 15.0. The number of benzene rings is 1. The highest BCUT2D eigenvalue weighted by atomic mass is 32.1. The Labute approximate surface area is 187 Å². The minimum atomic E-state index is 0.0567. The van der Waals surface area contributed by atoms with Crippen LogP contribution < -0.4 is 5.32 Å². The van der Waals surface area contributed by atoms with Gasteiger partial charge in [0.1, 0.15) is 0 Å². The van der Waals surface area contributed by atoms with Crippen LogP contribution in [0.2, 0.25) is 0 Å². The monoisotopic (exact) mass is 438 g/mol. The number of aryl methyl sites for hydroxylation is 2. The number of carbonyl (C=O) groups is 1. The summed E-state index contributed by atoms with van der Waals surface area (Å²) in [5.74, 6) is 1.51. The van der Waals surface area contributed by atoms with Crippen LogP contribution in [-0.4, -0.2) is 34.0 Å². The van der Waals surface area contributed by atoms with Crippen molar-refractivity contribution in [2.24, 2.45) is 5.92 Å². The van der Waals surface area contributed by atoms with E-state index in [1.165, 1.54) is 16.7 Å². The highest BCUT2D eigenvalue weighted by Crippen LogP contribution is 2.25. The molecule has 1 amide bonds. The van der Waals surface area contributed by atoms with Crippen LogP contribution in [-0.2, 0) is 11.3 Å². The van der Waals surface area contributed by atoms with E-state index in [-0.39, 0.29) is 17.9 Å². The van der Waals surface area contributed by atoms with E-state index in [0.29, 0.717) is 18.3 Å². The molecular weight excluding hydrogens is 408 g/mol. The van der Waals surface area contributed by atoms with Gasteiger partial charge in [0.15, 0.2) is 0 Å². The van der Waals surface area contributed by atoms with Gasteiger partial charge in [-0.2, -0.15) is 4.98 Å². The lowest BCUT2D eigenvalue weighted by Crippen LogP contribution is -2.41. The van der Waals surface area contributed by atoms with Crippen LogP contribution in [0.5, 0.6) is 0 Å². The maximum absolute atomic E-state index is 12.9. The quantitative estimate of drug-likeness (QED) is 0.568. The second-order valence-corrected chi connectivity index (χ2v) is 9.30. The predicted molar refractivity (Wildman–Crippen MR) is 123 cm³/mol. The molecule has 4 rings (SSSR count). The third-order valence-electron chi connectivity index (χ3n) is 6.18. The third-order valence-corrected chi connectivity index (χ3v) is 7.05. The topological polar surface area (TPSA) is 71.3 Å². The molecular formula is C24H30N4O2S. The number of hydrogen-bond acceptors (Lipinski definition) is 6. The van der Waals surface area contributed by atoms with Crippen LogP contribution in [0.4, 0.5) is 0 Å². The number of likely N-dealkylation sites (tertiary alicyclic amines) is 1. The summed E-state index contributed by atoms with van der Waals surface area (Å²) in [5.41, 5.74) is 3.73. The lowest BCUT2D eigenvalue weighted by molar-refractivity contribution is -0.127. The number of piperidine rings is 1. The molecule has 164 valence electrons.